The Morgan fingerprint density at radius 3 is 2.83 bits per heavy atom. The number of alkyl halides is 1. The maximum atomic E-state index is 17.1. The van der Waals surface area contributed by atoms with Crippen LogP contribution in [0.5, 0.6) is 6.01 Å². The monoisotopic (exact) mass is 770 g/mol. The molecule has 0 aliphatic carbocycles. The van der Waals surface area contributed by atoms with Gasteiger partial charge >= 0.3 is 12.0 Å². The smallest absolute Gasteiger partial charge is 0.346 e. The Bertz CT molecular complexity index is 2320. The van der Waals surface area contributed by atoms with E-state index in [2.05, 4.69) is 20.0 Å². The van der Waals surface area contributed by atoms with Crippen molar-refractivity contribution in [2.24, 2.45) is 0 Å². The lowest BCUT2D eigenvalue weighted by molar-refractivity contribution is 0.107. The van der Waals surface area contributed by atoms with E-state index in [0.717, 1.165) is 35.4 Å². The van der Waals surface area contributed by atoms with Crippen molar-refractivity contribution in [1.29, 1.82) is 5.26 Å². The lowest BCUT2D eigenvalue weighted by atomic mass is 9.95. The van der Waals surface area contributed by atoms with Gasteiger partial charge in [-0.25, -0.2) is 22.9 Å². The molecule has 0 radical (unpaired) electrons. The first kappa shape index (κ1) is 34.6. The van der Waals surface area contributed by atoms with Crippen LogP contribution in [0.4, 0.5) is 28.8 Å². The number of nitrogens with zero attached hydrogens (tertiary/aromatic N) is 9. The van der Waals surface area contributed by atoms with Crippen molar-refractivity contribution in [2.75, 3.05) is 43.9 Å². The fourth-order valence-corrected chi connectivity index (χ4v) is 9.45. The number of amides is 1. The number of thiophene rings is 1. The van der Waals surface area contributed by atoms with Crippen LogP contribution in [-0.2, 0) is 0 Å². The Labute approximate surface area is 309 Å². The van der Waals surface area contributed by atoms with Crippen LogP contribution in [-0.4, -0.2) is 97.6 Å². The molecule has 18 heteroatoms. The molecule has 12 nitrogen and oxygen atoms in total. The fourth-order valence-electron chi connectivity index (χ4n) is 8.08. The summed E-state index contributed by atoms with van der Waals surface area (Å²) >= 11 is 13.6. The van der Waals surface area contributed by atoms with Crippen LogP contribution in [0.1, 0.15) is 38.2 Å². The van der Waals surface area contributed by atoms with Gasteiger partial charge in [-0.15, -0.1) is 16.4 Å². The van der Waals surface area contributed by atoms with Gasteiger partial charge < -0.3 is 20.3 Å². The quantitative estimate of drug-likeness (QED) is 0.199. The number of carbonyl (C=O) groups excluding carboxylic acids is 1. The number of nitrogen functional groups attached to an aromatic ring is 1. The van der Waals surface area contributed by atoms with Gasteiger partial charge in [0.15, 0.2) is 5.82 Å². The molecule has 2 N–H and O–H groups in total. The number of anilines is 2. The summed E-state index contributed by atoms with van der Waals surface area (Å²) in [5.74, 6) is -1.11. The van der Waals surface area contributed by atoms with Crippen molar-refractivity contribution in [3.8, 4) is 23.2 Å². The molecular weight excluding hydrogens is 740 g/mol. The third kappa shape index (κ3) is 5.56. The Kier molecular flexibility index (Phi) is 8.60. The predicted molar refractivity (Wildman–Crippen MR) is 192 cm³/mol. The number of likely N-dealkylation sites (N-methyl/N-ethyl adjacent to an activating group) is 1. The van der Waals surface area contributed by atoms with Crippen molar-refractivity contribution in [3.05, 3.63) is 52.0 Å². The van der Waals surface area contributed by atoms with E-state index in [1.165, 1.54) is 23.4 Å². The van der Waals surface area contributed by atoms with Crippen LogP contribution in [0.15, 0.2) is 24.5 Å². The molecule has 0 bridgehead atoms. The molecule has 270 valence electrons. The number of hydrogen-bond acceptors (Lipinski definition) is 11. The third-order valence-corrected chi connectivity index (χ3v) is 12.1. The lowest BCUT2D eigenvalue weighted by Crippen LogP contribution is -2.43. The highest BCUT2D eigenvalue weighted by atomic mass is 35.5. The second-order valence-electron chi connectivity index (χ2n) is 13.6. The molecule has 0 spiro atoms. The van der Waals surface area contributed by atoms with E-state index in [1.807, 2.05) is 17.9 Å². The van der Waals surface area contributed by atoms with Crippen LogP contribution in [0.3, 0.4) is 0 Å². The number of halogens is 5. The van der Waals surface area contributed by atoms with Crippen molar-refractivity contribution in [1.82, 2.24) is 34.5 Å². The van der Waals surface area contributed by atoms with Gasteiger partial charge in [0, 0.05) is 48.9 Å². The van der Waals surface area contributed by atoms with Gasteiger partial charge in [-0.3, -0.25) is 4.90 Å². The van der Waals surface area contributed by atoms with Crippen molar-refractivity contribution < 1.29 is 22.7 Å². The number of nitriles is 1. The summed E-state index contributed by atoms with van der Waals surface area (Å²) in [4.78, 5) is 32.0. The molecule has 2 aromatic carbocycles. The van der Waals surface area contributed by atoms with E-state index >= 15 is 4.39 Å². The zero-order valence-corrected chi connectivity index (χ0v) is 30.2. The van der Waals surface area contributed by atoms with Crippen LogP contribution in [0, 0.1) is 23.0 Å². The molecule has 8 rings (SSSR count). The molecule has 3 aromatic heterocycles. The predicted octanol–water partition coefficient (Wildman–Crippen LogP) is 6.66. The van der Waals surface area contributed by atoms with E-state index in [0.29, 0.717) is 31.7 Å². The maximum Gasteiger partial charge on any atom is 0.346 e. The van der Waals surface area contributed by atoms with Gasteiger partial charge in [0.05, 0.1) is 26.9 Å². The van der Waals surface area contributed by atoms with Gasteiger partial charge in [0.25, 0.3) is 0 Å². The summed E-state index contributed by atoms with van der Waals surface area (Å²) in [5.41, 5.74) is 5.54. The lowest BCUT2D eigenvalue weighted by Gasteiger charge is -2.31. The minimum atomic E-state index is -0.980. The standard InChI is InChI=1S/C34H31Cl2F3N10O2S/c1-16-8-18(46(2)33(50)49-15-42-31(36)45-49)13-48(16)30-20-9-22(35)25(19-4-5-23(38)28-24(19)21(11-40)29(41)52-28)26(39)27(20)43-32(44-30)51-14-34-6-3-7-47(34)12-17(37)10-34/h4-5,9,15-18H,3,6-8,10,12-14,41H2,1-2H3/t16-,17+,18?,34-/m0/s1. The molecule has 5 aromatic rings. The topological polar surface area (TPSA) is 142 Å². The average Bonchev–Trinajstić information content (AvgIpc) is 3.93. The van der Waals surface area contributed by atoms with E-state index in [1.54, 1.807) is 13.1 Å². The van der Waals surface area contributed by atoms with Crippen molar-refractivity contribution in [2.45, 2.75) is 56.4 Å². The van der Waals surface area contributed by atoms with Gasteiger partial charge in [-0.1, -0.05) is 17.7 Å². The highest BCUT2D eigenvalue weighted by Crippen LogP contribution is 2.46. The van der Waals surface area contributed by atoms with E-state index < -0.39 is 29.4 Å². The molecule has 1 unspecified atom stereocenters. The minimum Gasteiger partial charge on any atom is -0.461 e. The summed E-state index contributed by atoms with van der Waals surface area (Å²) in [5, 5.41) is 14.3. The molecule has 6 heterocycles. The van der Waals surface area contributed by atoms with E-state index in [9.17, 15) is 18.8 Å². The second kappa shape index (κ2) is 12.9. The van der Waals surface area contributed by atoms with Crippen LogP contribution in [0.25, 0.3) is 32.1 Å². The Hall–Kier alpha value is -4.43. The fraction of sp³-hybridized carbons (Fsp3) is 0.412. The highest BCUT2D eigenvalue weighted by molar-refractivity contribution is 7.23. The number of benzene rings is 2. The van der Waals surface area contributed by atoms with E-state index in [4.69, 9.17) is 38.7 Å². The summed E-state index contributed by atoms with van der Waals surface area (Å²) < 4.78 is 54.1. The van der Waals surface area contributed by atoms with E-state index in [-0.39, 0.29) is 77.7 Å². The minimum absolute atomic E-state index is 0.0179. The number of aromatic nitrogens is 5. The number of nitrogens with two attached hydrogens (primary N) is 1. The molecule has 3 aliphatic rings. The molecular formula is C34H31Cl2F3N10O2S. The molecule has 52 heavy (non-hydrogen) atoms. The number of ether oxygens (including phenoxy) is 1. The van der Waals surface area contributed by atoms with Gasteiger partial charge in [0.2, 0.25) is 5.28 Å². The SMILES string of the molecule is C[C@H]1CC(N(C)C(=O)n2cnc(Cl)n2)CN1c1nc(OC[C@@]23CCCN2C[C@H](F)C3)nc2c(F)c(-c3ccc(F)c4sc(N)c(C#N)c34)c(Cl)cc12. The Balaban J connectivity index is 1.24. The number of carbonyl (C=O) groups is 1. The van der Waals surface area contributed by atoms with Crippen LogP contribution >= 0.6 is 34.5 Å². The van der Waals surface area contributed by atoms with Gasteiger partial charge in [-0.05, 0) is 62.0 Å². The summed E-state index contributed by atoms with van der Waals surface area (Å²) in [7, 11) is 1.65. The van der Waals surface area contributed by atoms with Gasteiger partial charge in [0.1, 0.15) is 47.3 Å². The average molecular weight is 772 g/mol. The molecule has 4 atom stereocenters. The number of fused-ring (bicyclic) bond motifs is 3. The summed E-state index contributed by atoms with van der Waals surface area (Å²) in [6, 6.07) is 5.04. The zero-order valence-electron chi connectivity index (χ0n) is 27.9. The zero-order chi connectivity index (χ0) is 36.6. The first-order valence-electron chi connectivity index (χ1n) is 16.6. The first-order valence-corrected chi connectivity index (χ1v) is 18.2. The van der Waals surface area contributed by atoms with Crippen molar-refractivity contribution in [3.63, 3.8) is 0 Å². The molecule has 3 fully saturated rings. The maximum absolute atomic E-state index is 17.1. The number of hydrogen-bond donors (Lipinski definition) is 1. The summed E-state index contributed by atoms with van der Waals surface area (Å²) in [6.45, 7) is 3.45. The molecule has 0 saturated carbocycles. The molecule has 1 amide bonds. The molecule has 3 aliphatic heterocycles. The molecule has 3 saturated heterocycles. The Morgan fingerprint density at radius 2 is 2.08 bits per heavy atom. The Morgan fingerprint density at radius 1 is 1.27 bits per heavy atom. The normalized spacial score (nSPS) is 23.1. The van der Waals surface area contributed by atoms with Crippen molar-refractivity contribution >= 4 is 72.4 Å². The first-order chi connectivity index (χ1) is 24.9. The van der Waals surface area contributed by atoms with Crippen LogP contribution in [0.2, 0.25) is 10.3 Å². The third-order valence-electron chi connectivity index (χ3n) is 10.6. The van der Waals surface area contributed by atoms with Gasteiger partial charge in [-0.2, -0.15) is 19.9 Å². The largest absolute Gasteiger partial charge is 0.461 e. The summed E-state index contributed by atoms with van der Waals surface area (Å²) in [6.07, 6.45) is 2.75. The highest BCUT2D eigenvalue weighted by Gasteiger charge is 2.49. The second-order valence-corrected chi connectivity index (χ2v) is 15.4. The van der Waals surface area contributed by atoms with Crippen LogP contribution < -0.4 is 15.4 Å². The number of rotatable bonds is 6.